The second kappa shape index (κ2) is 5.41. The fourth-order valence-corrected chi connectivity index (χ4v) is 3.30. The highest BCUT2D eigenvalue weighted by atomic mass is 32.2. The van der Waals surface area contributed by atoms with Crippen LogP contribution in [-0.4, -0.2) is 18.2 Å². The van der Waals surface area contributed by atoms with Gasteiger partial charge in [-0.15, -0.1) is 11.8 Å². The van der Waals surface area contributed by atoms with Crippen LogP contribution in [0, 0.1) is 12.7 Å². The molecule has 1 aliphatic heterocycles. The fourth-order valence-electron chi connectivity index (χ4n) is 2.33. The van der Waals surface area contributed by atoms with E-state index in [0.29, 0.717) is 23.4 Å². The van der Waals surface area contributed by atoms with Crippen LogP contribution in [0.25, 0.3) is 0 Å². The Hall–Kier alpha value is -2.01. The van der Waals surface area contributed by atoms with Gasteiger partial charge >= 0.3 is 0 Å². The second-order valence-corrected chi connectivity index (χ2v) is 6.13. The maximum absolute atomic E-state index is 13.7. The number of carbonyl (C=O) groups excluding carboxylic acids is 1. The van der Waals surface area contributed by atoms with E-state index in [0.717, 1.165) is 16.3 Å². The number of nitrogen functional groups attached to an aromatic ring is 1. The van der Waals surface area contributed by atoms with Crippen LogP contribution in [0.3, 0.4) is 0 Å². The van der Waals surface area contributed by atoms with E-state index in [2.05, 4.69) is 0 Å². The molecular weight excluding hydrogens is 287 g/mol. The Bertz CT molecular complexity index is 717. The summed E-state index contributed by atoms with van der Waals surface area (Å²) in [5.41, 5.74) is 8.13. The highest BCUT2D eigenvalue weighted by molar-refractivity contribution is 7.99. The molecule has 0 unspecified atom stereocenters. The number of thioether (sulfide) groups is 1. The molecule has 5 heteroatoms. The molecule has 0 saturated heterocycles. The van der Waals surface area contributed by atoms with Crippen LogP contribution < -0.4 is 10.6 Å². The number of benzene rings is 2. The Morgan fingerprint density at radius 2 is 2.10 bits per heavy atom. The van der Waals surface area contributed by atoms with Gasteiger partial charge < -0.3 is 10.6 Å². The molecule has 3 nitrogen and oxygen atoms in total. The molecule has 3 rings (SSSR count). The van der Waals surface area contributed by atoms with Crippen LogP contribution in [0.5, 0.6) is 0 Å². The minimum absolute atomic E-state index is 0.193. The molecule has 0 fully saturated rings. The number of nitrogens with two attached hydrogens (primary N) is 1. The summed E-state index contributed by atoms with van der Waals surface area (Å²) >= 11 is 1.70. The number of hydrogen-bond acceptors (Lipinski definition) is 3. The predicted molar refractivity (Wildman–Crippen MR) is 84.4 cm³/mol. The third-order valence-corrected chi connectivity index (χ3v) is 4.55. The number of fused-ring (bicyclic) bond motifs is 1. The van der Waals surface area contributed by atoms with Crippen LogP contribution in [0.4, 0.5) is 15.8 Å². The molecule has 2 N–H and O–H groups in total. The van der Waals surface area contributed by atoms with Crippen molar-refractivity contribution in [2.45, 2.75) is 11.8 Å². The number of rotatable bonds is 1. The molecule has 2 aromatic rings. The van der Waals surface area contributed by atoms with Crippen molar-refractivity contribution in [3.8, 4) is 0 Å². The van der Waals surface area contributed by atoms with Gasteiger partial charge in [-0.05, 0) is 42.8 Å². The van der Waals surface area contributed by atoms with Gasteiger partial charge in [-0.25, -0.2) is 4.39 Å². The number of aryl methyl sites for hydroxylation is 1. The molecule has 1 amide bonds. The van der Waals surface area contributed by atoms with E-state index in [4.69, 9.17) is 5.73 Å². The van der Waals surface area contributed by atoms with Crippen molar-refractivity contribution < 1.29 is 9.18 Å². The quantitative estimate of drug-likeness (QED) is 0.821. The number of anilines is 2. The number of hydrogen-bond donors (Lipinski definition) is 1. The topological polar surface area (TPSA) is 46.3 Å². The van der Waals surface area contributed by atoms with Crippen molar-refractivity contribution in [1.29, 1.82) is 0 Å². The summed E-state index contributed by atoms with van der Waals surface area (Å²) in [6.07, 6.45) is 0. The van der Waals surface area contributed by atoms with Crippen molar-refractivity contribution >= 4 is 29.0 Å². The molecule has 0 radical (unpaired) electrons. The Morgan fingerprint density at radius 1 is 1.29 bits per heavy atom. The molecule has 108 valence electrons. The van der Waals surface area contributed by atoms with Crippen LogP contribution in [0.2, 0.25) is 0 Å². The summed E-state index contributed by atoms with van der Waals surface area (Å²) in [5.74, 6) is 0.262. The third kappa shape index (κ3) is 2.61. The van der Waals surface area contributed by atoms with Gasteiger partial charge in [0.15, 0.2) is 0 Å². The minimum Gasteiger partial charge on any atom is -0.399 e. The lowest BCUT2D eigenvalue weighted by Gasteiger charge is -2.29. The zero-order valence-electron chi connectivity index (χ0n) is 11.6. The normalized spacial score (nSPS) is 13.9. The van der Waals surface area contributed by atoms with Gasteiger partial charge in [0.1, 0.15) is 5.82 Å². The zero-order valence-corrected chi connectivity index (χ0v) is 12.4. The molecule has 0 atom stereocenters. The van der Waals surface area contributed by atoms with Crippen molar-refractivity contribution in [1.82, 2.24) is 0 Å². The molecule has 0 spiro atoms. The standard InChI is InChI=1S/C16H15FN2OS/c1-10-2-3-11(8-13(10)17)16(20)19-6-7-21-15-5-4-12(18)9-14(15)19/h2-5,8-9H,6-7,18H2,1H3. The van der Waals surface area contributed by atoms with Gasteiger partial charge in [0.2, 0.25) is 0 Å². The van der Waals surface area contributed by atoms with Gasteiger partial charge in [-0.2, -0.15) is 0 Å². The summed E-state index contributed by atoms with van der Waals surface area (Å²) in [6, 6.07) is 10.1. The SMILES string of the molecule is Cc1ccc(C(=O)N2CCSc3ccc(N)cc32)cc1F. The highest BCUT2D eigenvalue weighted by Crippen LogP contribution is 2.36. The lowest BCUT2D eigenvalue weighted by atomic mass is 10.1. The first kappa shape index (κ1) is 13.9. The van der Waals surface area contributed by atoms with E-state index >= 15 is 0 Å². The smallest absolute Gasteiger partial charge is 0.258 e. The average Bonchev–Trinajstić information content (AvgIpc) is 2.48. The molecular formula is C16H15FN2OS. The minimum atomic E-state index is -0.361. The lowest BCUT2D eigenvalue weighted by Crippen LogP contribution is -2.35. The van der Waals surface area contributed by atoms with Crippen molar-refractivity contribution in [3.63, 3.8) is 0 Å². The van der Waals surface area contributed by atoms with Crippen molar-refractivity contribution in [3.05, 3.63) is 53.3 Å². The second-order valence-electron chi connectivity index (χ2n) is 5.00. The van der Waals surface area contributed by atoms with Crippen LogP contribution in [-0.2, 0) is 0 Å². The third-order valence-electron chi connectivity index (χ3n) is 3.51. The van der Waals surface area contributed by atoms with E-state index in [1.807, 2.05) is 12.1 Å². The Balaban J connectivity index is 1.99. The fraction of sp³-hybridized carbons (Fsp3) is 0.188. The average molecular weight is 302 g/mol. The molecule has 1 aliphatic rings. The van der Waals surface area contributed by atoms with E-state index < -0.39 is 0 Å². The molecule has 1 heterocycles. The first-order chi connectivity index (χ1) is 10.1. The largest absolute Gasteiger partial charge is 0.399 e. The van der Waals surface area contributed by atoms with Gasteiger partial charge in [0.05, 0.1) is 5.69 Å². The van der Waals surface area contributed by atoms with Crippen molar-refractivity contribution in [2.75, 3.05) is 22.9 Å². The number of amides is 1. The van der Waals surface area contributed by atoms with E-state index in [9.17, 15) is 9.18 Å². The van der Waals surface area contributed by atoms with Gasteiger partial charge in [-0.1, -0.05) is 6.07 Å². The summed E-state index contributed by atoms with van der Waals surface area (Å²) in [6.45, 7) is 2.27. The van der Waals surface area contributed by atoms with Gasteiger partial charge in [0.25, 0.3) is 5.91 Å². The van der Waals surface area contributed by atoms with Gasteiger partial charge in [0, 0.05) is 28.4 Å². The number of nitrogens with zero attached hydrogens (tertiary/aromatic N) is 1. The first-order valence-electron chi connectivity index (χ1n) is 6.66. The van der Waals surface area contributed by atoms with E-state index in [1.165, 1.54) is 6.07 Å². The van der Waals surface area contributed by atoms with Crippen LogP contribution in [0.15, 0.2) is 41.3 Å². The molecule has 0 saturated carbocycles. The first-order valence-corrected chi connectivity index (χ1v) is 7.65. The lowest BCUT2D eigenvalue weighted by molar-refractivity contribution is 0.0987. The Morgan fingerprint density at radius 3 is 2.86 bits per heavy atom. The van der Waals surface area contributed by atoms with E-state index in [1.54, 1.807) is 41.8 Å². The molecule has 0 bridgehead atoms. The summed E-state index contributed by atoms with van der Waals surface area (Å²) in [7, 11) is 0. The number of halogens is 1. The Labute approximate surface area is 126 Å². The monoisotopic (exact) mass is 302 g/mol. The number of carbonyl (C=O) groups is 1. The van der Waals surface area contributed by atoms with Crippen molar-refractivity contribution in [2.24, 2.45) is 0 Å². The zero-order chi connectivity index (χ0) is 15.0. The Kier molecular flexibility index (Phi) is 3.59. The van der Waals surface area contributed by atoms with E-state index in [-0.39, 0.29) is 11.7 Å². The molecule has 0 aliphatic carbocycles. The summed E-state index contributed by atoms with van der Waals surface area (Å²) in [5, 5.41) is 0. The summed E-state index contributed by atoms with van der Waals surface area (Å²) < 4.78 is 13.7. The maximum atomic E-state index is 13.7. The molecule has 21 heavy (non-hydrogen) atoms. The molecule has 0 aromatic heterocycles. The van der Waals surface area contributed by atoms with Crippen LogP contribution in [0.1, 0.15) is 15.9 Å². The van der Waals surface area contributed by atoms with Gasteiger partial charge in [-0.3, -0.25) is 4.79 Å². The predicted octanol–water partition coefficient (Wildman–Crippen LogP) is 3.47. The summed E-state index contributed by atoms with van der Waals surface area (Å²) in [4.78, 5) is 15.3. The molecule has 2 aromatic carbocycles. The van der Waals surface area contributed by atoms with Crippen LogP contribution >= 0.6 is 11.8 Å². The highest BCUT2D eigenvalue weighted by Gasteiger charge is 2.24. The maximum Gasteiger partial charge on any atom is 0.258 e.